The molecule has 76 valence electrons. The van der Waals surface area contributed by atoms with E-state index in [9.17, 15) is 0 Å². The summed E-state index contributed by atoms with van der Waals surface area (Å²) in [5.41, 5.74) is 0.612. The second kappa shape index (κ2) is 3.27. The van der Waals surface area contributed by atoms with E-state index in [-0.39, 0.29) is 0 Å². The summed E-state index contributed by atoms with van der Waals surface area (Å²) in [4.78, 5) is 2.78. The lowest BCUT2D eigenvalue weighted by atomic mass is 9.80. The Kier molecular flexibility index (Phi) is 2.39. The van der Waals surface area contributed by atoms with Crippen LogP contribution in [-0.2, 0) is 0 Å². The second-order valence-electron chi connectivity index (χ2n) is 5.29. The molecule has 0 aliphatic carbocycles. The molecule has 2 rings (SSSR count). The maximum atomic E-state index is 2.78. The van der Waals surface area contributed by atoms with Crippen molar-refractivity contribution >= 4 is 0 Å². The van der Waals surface area contributed by atoms with Gasteiger partial charge in [0.2, 0.25) is 0 Å². The molecule has 0 aromatic carbocycles. The number of fused-ring (bicyclic) bond motifs is 1. The van der Waals surface area contributed by atoms with Gasteiger partial charge in [-0.3, -0.25) is 4.90 Å². The average Bonchev–Trinajstić information content (AvgIpc) is 2.58. The maximum absolute atomic E-state index is 2.78. The summed E-state index contributed by atoms with van der Waals surface area (Å²) in [6.07, 6.45) is 5.75. The first-order valence-corrected chi connectivity index (χ1v) is 5.94. The minimum absolute atomic E-state index is 0.612. The first-order chi connectivity index (χ1) is 6.19. The van der Waals surface area contributed by atoms with Gasteiger partial charge in [0.25, 0.3) is 0 Å². The van der Waals surface area contributed by atoms with Crippen molar-refractivity contribution < 1.29 is 0 Å². The Morgan fingerprint density at radius 2 is 2.23 bits per heavy atom. The fourth-order valence-corrected chi connectivity index (χ4v) is 3.50. The third-order valence-corrected chi connectivity index (χ3v) is 4.44. The van der Waals surface area contributed by atoms with Crippen molar-refractivity contribution in [2.45, 2.75) is 52.0 Å². The van der Waals surface area contributed by atoms with Crippen LogP contribution in [0.4, 0.5) is 0 Å². The van der Waals surface area contributed by atoms with Crippen molar-refractivity contribution in [3.8, 4) is 0 Å². The van der Waals surface area contributed by atoms with Crippen LogP contribution < -0.4 is 0 Å². The zero-order valence-corrected chi connectivity index (χ0v) is 9.34. The molecule has 0 N–H and O–H groups in total. The summed E-state index contributed by atoms with van der Waals surface area (Å²) in [7, 11) is 0. The molecule has 2 fully saturated rings. The van der Waals surface area contributed by atoms with Crippen LogP contribution >= 0.6 is 0 Å². The van der Waals surface area contributed by atoms with Gasteiger partial charge in [-0.05, 0) is 37.6 Å². The van der Waals surface area contributed by atoms with Crippen LogP contribution in [0.1, 0.15) is 46.5 Å². The van der Waals surface area contributed by atoms with Crippen molar-refractivity contribution in [3.05, 3.63) is 0 Å². The Balaban J connectivity index is 2.15. The van der Waals surface area contributed by atoms with Gasteiger partial charge in [0.05, 0.1) is 0 Å². The van der Waals surface area contributed by atoms with Crippen molar-refractivity contribution in [2.75, 3.05) is 13.1 Å². The lowest BCUT2D eigenvalue weighted by molar-refractivity contribution is 0.136. The zero-order chi connectivity index (χ0) is 9.47. The van der Waals surface area contributed by atoms with Crippen LogP contribution in [0.2, 0.25) is 0 Å². The van der Waals surface area contributed by atoms with E-state index in [4.69, 9.17) is 0 Å². The van der Waals surface area contributed by atoms with E-state index in [2.05, 4.69) is 25.7 Å². The molecule has 0 spiro atoms. The fourth-order valence-electron chi connectivity index (χ4n) is 3.50. The molecule has 2 unspecified atom stereocenters. The smallest absolute Gasteiger partial charge is 0.0236 e. The highest BCUT2D eigenvalue weighted by atomic mass is 15.2. The van der Waals surface area contributed by atoms with E-state index >= 15 is 0 Å². The third kappa shape index (κ3) is 1.32. The SMILES string of the molecule is CCC1CN2CCCC2(C(C)C)C1. The quantitative estimate of drug-likeness (QED) is 0.633. The van der Waals surface area contributed by atoms with Gasteiger partial charge in [-0.2, -0.15) is 0 Å². The van der Waals surface area contributed by atoms with E-state index in [1.54, 1.807) is 0 Å². The van der Waals surface area contributed by atoms with Crippen molar-refractivity contribution in [3.63, 3.8) is 0 Å². The molecule has 0 bridgehead atoms. The minimum atomic E-state index is 0.612. The molecule has 13 heavy (non-hydrogen) atoms. The summed E-state index contributed by atoms with van der Waals surface area (Å²) in [5, 5.41) is 0. The Morgan fingerprint density at radius 3 is 2.77 bits per heavy atom. The third-order valence-electron chi connectivity index (χ3n) is 4.44. The predicted molar refractivity (Wildman–Crippen MR) is 56.8 cm³/mol. The fraction of sp³-hybridized carbons (Fsp3) is 1.00. The average molecular weight is 181 g/mol. The normalized spacial score (nSPS) is 40.2. The minimum Gasteiger partial charge on any atom is -0.297 e. The molecule has 2 aliphatic heterocycles. The van der Waals surface area contributed by atoms with Gasteiger partial charge >= 0.3 is 0 Å². The first kappa shape index (κ1) is 9.51. The van der Waals surface area contributed by atoms with Crippen LogP contribution in [0.15, 0.2) is 0 Å². The van der Waals surface area contributed by atoms with E-state index in [0.29, 0.717) is 5.54 Å². The summed E-state index contributed by atoms with van der Waals surface area (Å²) < 4.78 is 0. The highest BCUT2D eigenvalue weighted by Crippen LogP contribution is 2.46. The lowest BCUT2D eigenvalue weighted by Crippen LogP contribution is -2.42. The van der Waals surface area contributed by atoms with Crippen LogP contribution in [0.3, 0.4) is 0 Å². The molecule has 1 nitrogen and oxygen atoms in total. The second-order valence-corrected chi connectivity index (χ2v) is 5.29. The molecule has 0 aromatic rings. The summed E-state index contributed by atoms with van der Waals surface area (Å²) in [6, 6.07) is 0. The number of nitrogens with zero attached hydrogens (tertiary/aromatic N) is 1. The van der Waals surface area contributed by atoms with E-state index in [0.717, 1.165) is 11.8 Å². The van der Waals surface area contributed by atoms with Gasteiger partial charge in [0.15, 0.2) is 0 Å². The maximum Gasteiger partial charge on any atom is 0.0236 e. The Morgan fingerprint density at radius 1 is 1.46 bits per heavy atom. The zero-order valence-electron chi connectivity index (χ0n) is 9.34. The standard InChI is InChI=1S/C12H23N/c1-4-11-8-12(10(2)3)6-5-7-13(12)9-11/h10-11H,4-9H2,1-3H3. The van der Waals surface area contributed by atoms with E-state index in [1.807, 2.05) is 0 Å². The first-order valence-electron chi connectivity index (χ1n) is 5.94. The Hall–Kier alpha value is -0.0400. The molecule has 2 heterocycles. The lowest BCUT2D eigenvalue weighted by Gasteiger charge is -2.36. The van der Waals surface area contributed by atoms with Crippen LogP contribution in [-0.4, -0.2) is 23.5 Å². The molecule has 0 saturated carbocycles. The van der Waals surface area contributed by atoms with Gasteiger partial charge < -0.3 is 0 Å². The van der Waals surface area contributed by atoms with Crippen molar-refractivity contribution in [1.29, 1.82) is 0 Å². The molecule has 2 atom stereocenters. The number of hydrogen-bond acceptors (Lipinski definition) is 1. The molecule has 0 aromatic heterocycles. The Labute approximate surface area is 82.5 Å². The van der Waals surface area contributed by atoms with Gasteiger partial charge in [-0.1, -0.05) is 27.2 Å². The highest BCUT2D eigenvalue weighted by molar-refractivity contribution is 5.04. The molecular formula is C12H23N. The van der Waals surface area contributed by atoms with Crippen LogP contribution in [0.5, 0.6) is 0 Å². The predicted octanol–water partition coefficient (Wildman–Crippen LogP) is 2.91. The number of rotatable bonds is 2. The van der Waals surface area contributed by atoms with Crippen LogP contribution in [0, 0.1) is 11.8 Å². The van der Waals surface area contributed by atoms with Gasteiger partial charge in [-0.15, -0.1) is 0 Å². The van der Waals surface area contributed by atoms with Gasteiger partial charge in [0.1, 0.15) is 0 Å². The van der Waals surface area contributed by atoms with Crippen molar-refractivity contribution in [2.24, 2.45) is 11.8 Å². The highest BCUT2D eigenvalue weighted by Gasteiger charge is 2.49. The summed E-state index contributed by atoms with van der Waals surface area (Å²) >= 11 is 0. The van der Waals surface area contributed by atoms with Crippen molar-refractivity contribution in [1.82, 2.24) is 4.90 Å². The Bertz CT molecular complexity index is 188. The largest absolute Gasteiger partial charge is 0.297 e. The monoisotopic (exact) mass is 181 g/mol. The molecule has 1 heteroatoms. The molecule has 0 radical (unpaired) electrons. The molecular weight excluding hydrogens is 158 g/mol. The van der Waals surface area contributed by atoms with Gasteiger partial charge in [-0.25, -0.2) is 0 Å². The van der Waals surface area contributed by atoms with Gasteiger partial charge in [0, 0.05) is 12.1 Å². The van der Waals surface area contributed by atoms with E-state index in [1.165, 1.54) is 38.8 Å². The topological polar surface area (TPSA) is 3.24 Å². The molecule has 2 saturated heterocycles. The summed E-state index contributed by atoms with van der Waals surface area (Å²) in [5.74, 6) is 1.84. The van der Waals surface area contributed by atoms with E-state index < -0.39 is 0 Å². The summed E-state index contributed by atoms with van der Waals surface area (Å²) in [6.45, 7) is 9.93. The molecule has 0 amide bonds. The van der Waals surface area contributed by atoms with Crippen LogP contribution in [0.25, 0.3) is 0 Å². The molecule has 2 aliphatic rings. The number of hydrogen-bond donors (Lipinski definition) is 0.